The molecule has 6 heteroatoms. The van der Waals surface area contributed by atoms with Crippen LogP contribution in [0.1, 0.15) is 5.56 Å². The highest BCUT2D eigenvalue weighted by Gasteiger charge is 2.21. The average molecular weight is 268 g/mol. The summed E-state index contributed by atoms with van der Waals surface area (Å²) in [5.41, 5.74) is 7.33. The molecule has 2 aromatic carbocycles. The topological polar surface area (TPSA) is 96.2 Å². The Bertz CT molecular complexity index is 689. The number of nitro benzene ring substituents is 1. The summed E-state index contributed by atoms with van der Waals surface area (Å²) >= 11 is 0. The van der Waals surface area contributed by atoms with E-state index in [9.17, 15) is 10.1 Å². The Morgan fingerprint density at radius 1 is 1.25 bits per heavy atom. The fourth-order valence-corrected chi connectivity index (χ4v) is 1.92. The van der Waals surface area contributed by atoms with E-state index >= 15 is 0 Å². The normalized spacial score (nSPS) is 9.80. The lowest BCUT2D eigenvalue weighted by molar-refractivity contribution is -0.383. The third-order valence-corrected chi connectivity index (χ3v) is 2.97. The molecule has 0 bridgehead atoms. The van der Waals surface area contributed by atoms with Gasteiger partial charge in [-0.2, -0.15) is 5.26 Å². The van der Waals surface area contributed by atoms with Crippen LogP contribution >= 0.6 is 0 Å². The van der Waals surface area contributed by atoms with E-state index < -0.39 is 4.92 Å². The van der Waals surface area contributed by atoms with Gasteiger partial charge >= 0.3 is 5.69 Å². The quantitative estimate of drug-likeness (QED) is 0.524. The van der Waals surface area contributed by atoms with E-state index in [2.05, 4.69) is 0 Å². The Labute approximate surface area is 115 Å². The van der Waals surface area contributed by atoms with E-state index in [0.29, 0.717) is 11.3 Å². The molecule has 0 aliphatic carbocycles. The molecule has 0 radical (unpaired) electrons. The van der Waals surface area contributed by atoms with Gasteiger partial charge in [0.25, 0.3) is 0 Å². The van der Waals surface area contributed by atoms with Crippen LogP contribution in [0.25, 0.3) is 0 Å². The summed E-state index contributed by atoms with van der Waals surface area (Å²) in [6.45, 7) is 0. The SMILES string of the molecule is CN(c1ccc(C#N)cc1)c1cccc(N)c1[N+](=O)[O-]. The van der Waals surface area contributed by atoms with Crippen LogP contribution in [-0.4, -0.2) is 12.0 Å². The van der Waals surface area contributed by atoms with Crippen LogP contribution in [0.15, 0.2) is 42.5 Å². The third kappa shape index (κ3) is 2.37. The van der Waals surface area contributed by atoms with Crippen molar-refractivity contribution in [3.05, 3.63) is 58.1 Å². The molecular formula is C14H12N4O2. The number of anilines is 3. The standard InChI is InChI=1S/C14H12N4O2/c1-17(11-7-5-10(9-15)6-8-11)13-4-2-3-12(16)14(13)18(19)20/h2-8H,16H2,1H3. The number of nitro groups is 1. The molecule has 0 heterocycles. The molecule has 0 fully saturated rings. The van der Waals surface area contributed by atoms with E-state index in [1.165, 1.54) is 6.07 Å². The minimum Gasteiger partial charge on any atom is -0.393 e. The third-order valence-electron chi connectivity index (χ3n) is 2.97. The second kappa shape index (κ2) is 5.28. The smallest absolute Gasteiger partial charge is 0.315 e. The number of hydrogen-bond donors (Lipinski definition) is 1. The molecule has 0 saturated heterocycles. The van der Waals surface area contributed by atoms with Crippen molar-refractivity contribution in [1.29, 1.82) is 5.26 Å². The molecule has 100 valence electrons. The van der Waals surface area contributed by atoms with E-state index in [0.717, 1.165) is 5.69 Å². The zero-order valence-electron chi connectivity index (χ0n) is 10.8. The first kappa shape index (κ1) is 13.4. The summed E-state index contributed by atoms with van der Waals surface area (Å²) in [7, 11) is 1.71. The second-order valence-electron chi connectivity index (χ2n) is 4.19. The van der Waals surface area contributed by atoms with Crippen molar-refractivity contribution >= 4 is 22.7 Å². The molecule has 2 aromatic rings. The summed E-state index contributed by atoms with van der Waals surface area (Å²) in [5, 5.41) is 19.9. The van der Waals surface area contributed by atoms with Gasteiger partial charge in [0.15, 0.2) is 0 Å². The Hall–Kier alpha value is -3.07. The average Bonchev–Trinajstić information content (AvgIpc) is 2.46. The van der Waals surface area contributed by atoms with Crippen LogP contribution in [0, 0.1) is 21.4 Å². The minimum absolute atomic E-state index is 0.119. The molecular weight excluding hydrogens is 256 g/mol. The van der Waals surface area contributed by atoms with Crippen molar-refractivity contribution < 1.29 is 4.92 Å². The number of nitrogens with zero attached hydrogens (tertiary/aromatic N) is 3. The Balaban J connectivity index is 2.48. The van der Waals surface area contributed by atoms with Crippen LogP contribution in [0.2, 0.25) is 0 Å². The van der Waals surface area contributed by atoms with Gasteiger partial charge in [-0.15, -0.1) is 0 Å². The van der Waals surface area contributed by atoms with Crippen LogP contribution < -0.4 is 10.6 Å². The largest absolute Gasteiger partial charge is 0.393 e. The monoisotopic (exact) mass is 268 g/mol. The number of hydrogen-bond acceptors (Lipinski definition) is 5. The number of nitriles is 1. The lowest BCUT2D eigenvalue weighted by Gasteiger charge is -2.19. The predicted molar refractivity (Wildman–Crippen MR) is 76.7 cm³/mol. The highest BCUT2D eigenvalue weighted by Crippen LogP contribution is 2.36. The maximum absolute atomic E-state index is 11.1. The number of rotatable bonds is 3. The Morgan fingerprint density at radius 3 is 2.45 bits per heavy atom. The van der Waals surface area contributed by atoms with E-state index in [-0.39, 0.29) is 11.4 Å². The van der Waals surface area contributed by atoms with Crippen molar-refractivity contribution in [3.8, 4) is 6.07 Å². The van der Waals surface area contributed by atoms with Gasteiger partial charge in [-0.05, 0) is 36.4 Å². The number of nitrogens with two attached hydrogens (primary N) is 1. The van der Waals surface area contributed by atoms with Crippen molar-refractivity contribution in [3.63, 3.8) is 0 Å². The molecule has 0 atom stereocenters. The van der Waals surface area contributed by atoms with Crippen LogP contribution in [0.3, 0.4) is 0 Å². The summed E-state index contributed by atoms with van der Waals surface area (Å²) in [4.78, 5) is 12.3. The molecule has 2 N–H and O–H groups in total. The van der Waals surface area contributed by atoms with Gasteiger partial charge < -0.3 is 10.6 Å². The summed E-state index contributed by atoms with van der Waals surface area (Å²) in [6, 6.07) is 13.6. The van der Waals surface area contributed by atoms with Gasteiger partial charge in [-0.3, -0.25) is 10.1 Å². The van der Waals surface area contributed by atoms with Gasteiger partial charge in [0, 0.05) is 12.7 Å². The molecule has 0 aromatic heterocycles. The first-order chi connectivity index (χ1) is 9.54. The van der Waals surface area contributed by atoms with E-state index in [1.807, 2.05) is 6.07 Å². The zero-order valence-corrected chi connectivity index (χ0v) is 10.8. The molecule has 0 saturated carbocycles. The highest BCUT2D eigenvalue weighted by molar-refractivity contribution is 5.79. The van der Waals surface area contributed by atoms with Crippen molar-refractivity contribution in [2.24, 2.45) is 0 Å². The second-order valence-corrected chi connectivity index (χ2v) is 4.19. The fraction of sp³-hybridized carbons (Fsp3) is 0.0714. The molecule has 6 nitrogen and oxygen atoms in total. The minimum atomic E-state index is -0.495. The van der Waals surface area contributed by atoms with Crippen molar-refractivity contribution in [1.82, 2.24) is 0 Å². The summed E-state index contributed by atoms with van der Waals surface area (Å²) in [6.07, 6.45) is 0. The summed E-state index contributed by atoms with van der Waals surface area (Å²) in [5.74, 6) is 0. The molecule has 0 aliphatic rings. The number of benzene rings is 2. The van der Waals surface area contributed by atoms with Gasteiger partial charge in [0.2, 0.25) is 0 Å². The van der Waals surface area contributed by atoms with Crippen LogP contribution in [0.5, 0.6) is 0 Å². The van der Waals surface area contributed by atoms with E-state index in [1.54, 1.807) is 48.3 Å². The zero-order chi connectivity index (χ0) is 14.7. The van der Waals surface area contributed by atoms with Crippen molar-refractivity contribution in [2.45, 2.75) is 0 Å². The van der Waals surface area contributed by atoms with Gasteiger partial charge in [-0.25, -0.2) is 0 Å². The van der Waals surface area contributed by atoms with Crippen LogP contribution in [-0.2, 0) is 0 Å². The first-order valence-electron chi connectivity index (χ1n) is 5.81. The molecule has 0 amide bonds. The Morgan fingerprint density at radius 2 is 1.90 bits per heavy atom. The summed E-state index contributed by atoms with van der Waals surface area (Å²) < 4.78 is 0. The maximum Gasteiger partial charge on any atom is 0.315 e. The molecule has 0 unspecified atom stereocenters. The van der Waals surface area contributed by atoms with Gasteiger partial charge in [0.1, 0.15) is 11.4 Å². The highest BCUT2D eigenvalue weighted by atomic mass is 16.6. The first-order valence-corrected chi connectivity index (χ1v) is 5.81. The maximum atomic E-state index is 11.1. The number of para-hydroxylation sites is 1. The van der Waals surface area contributed by atoms with Gasteiger partial charge in [0.05, 0.1) is 16.6 Å². The molecule has 20 heavy (non-hydrogen) atoms. The molecule has 0 aliphatic heterocycles. The fourth-order valence-electron chi connectivity index (χ4n) is 1.92. The predicted octanol–water partition coefficient (Wildman–Crippen LogP) is 2.82. The molecule has 2 rings (SSSR count). The lowest BCUT2D eigenvalue weighted by atomic mass is 10.1. The van der Waals surface area contributed by atoms with Crippen LogP contribution in [0.4, 0.5) is 22.7 Å². The lowest BCUT2D eigenvalue weighted by Crippen LogP contribution is -2.12. The number of nitrogen functional groups attached to an aromatic ring is 1. The Kier molecular flexibility index (Phi) is 3.53. The van der Waals surface area contributed by atoms with E-state index in [4.69, 9.17) is 11.0 Å². The van der Waals surface area contributed by atoms with Gasteiger partial charge in [-0.1, -0.05) is 6.07 Å². The van der Waals surface area contributed by atoms with Crippen molar-refractivity contribution in [2.75, 3.05) is 17.7 Å². The molecule has 0 spiro atoms.